The molecular formula is C11H10N6. The Balaban J connectivity index is 2.22. The van der Waals surface area contributed by atoms with Crippen molar-refractivity contribution in [1.29, 1.82) is 0 Å². The number of nitrogens with zero attached hydrogens (tertiary/aromatic N) is 4. The summed E-state index contributed by atoms with van der Waals surface area (Å²) in [6.45, 7) is 0. The Hall–Kier alpha value is -2.63. The van der Waals surface area contributed by atoms with Gasteiger partial charge in [0.2, 0.25) is 0 Å². The van der Waals surface area contributed by atoms with Crippen LogP contribution in [-0.2, 0) is 0 Å². The van der Waals surface area contributed by atoms with Crippen molar-refractivity contribution in [1.82, 2.24) is 25.2 Å². The Kier molecular flexibility index (Phi) is 2.11. The van der Waals surface area contributed by atoms with Crippen LogP contribution in [-0.4, -0.2) is 25.2 Å². The van der Waals surface area contributed by atoms with Crippen molar-refractivity contribution in [2.75, 3.05) is 5.73 Å². The number of aromatic amines is 1. The van der Waals surface area contributed by atoms with Crippen LogP contribution in [0.25, 0.3) is 16.8 Å². The molecule has 0 atom stereocenters. The second-order valence-electron chi connectivity index (χ2n) is 3.56. The predicted octanol–water partition coefficient (Wildman–Crippen LogP) is 1.24. The van der Waals surface area contributed by atoms with E-state index in [4.69, 9.17) is 5.73 Å². The Morgan fingerprint density at radius 3 is 2.76 bits per heavy atom. The number of hydrogen-bond acceptors (Lipinski definition) is 4. The number of aromatic nitrogens is 5. The van der Waals surface area contributed by atoms with Crippen LogP contribution in [0.1, 0.15) is 0 Å². The van der Waals surface area contributed by atoms with E-state index in [9.17, 15) is 0 Å². The maximum Gasteiger partial charge on any atom is 0.126 e. The molecule has 2 heterocycles. The maximum atomic E-state index is 5.83. The van der Waals surface area contributed by atoms with E-state index in [1.54, 1.807) is 23.3 Å². The first-order chi connectivity index (χ1) is 8.36. The summed E-state index contributed by atoms with van der Waals surface area (Å²) in [4.78, 5) is 0. The number of nitrogens with two attached hydrogens (primary N) is 1. The van der Waals surface area contributed by atoms with E-state index < -0.39 is 0 Å². The van der Waals surface area contributed by atoms with Gasteiger partial charge in [-0.3, -0.25) is 5.10 Å². The molecule has 0 spiro atoms. The third kappa shape index (κ3) is 1.55. The average molecular weight is 226 g/mol. The van der Waals surface area contributed by atoms with Gasteiger partial charge in [0.1, 0.15) is 5.82 Å². The molecule has 0 amide bonds. The summed E-state index contributed by atoms with van der Waals surface area (Å²) in [5, 5.41) is 14.4. The number of rotatable bonds is 2. The number of H-pyrrole nitrogens is 1. The van der Waals surface area contributed by atoms with Crippen molar-refractivity contribution < 1.29 is 0 Å². The van der Waals surface area contributed by atoms with E-state index in [1.807, 2.05) is 24.3 Å². The fraction of sp³-hybridized carbons (Fsp3) is 0. The second kappa shape index (κ2) is 3.75. The van der Waals surface area contributed by atoms with Gasteiger partial charge in [-0.2, -0.15) is 5.10 Å². The zero-order valence-electron chi connectivity index (χ0n) is 8.91. The molecule has 0 saturated heterocycles. The fourth-order valence-corrected chi connectivity index (χ4v) is 1.75. The summed E-state index contributed by atoms with van der Waals surface area (Å²) in [6, 6.07) is 7.81. The van der Waals surface area contributed by atoms with Gasteiger partial charge in [-0.25, -0.2) is 4.68 Å². The minimum absolute atomic E-state index is 0.539. The van der Waals surface area contributed by atoms with Crippen LogP contribution in [0.15, 0.2) is 42.9 Å². The van der Waals surface area contributed by atoms with Gasteiger partial charge in [-0.15, -0.1) is 5.10 Å². The number of para-hydroxylation sites is 1. The molecule has 0 aliphatic rings. The molecule has 0 fully saturated rings. The Bertz CT molecular complexity index is 625. The van der Waals surface area contributed by atoms with Crippen LogP contribution >= 0.6 is 0 Å². The number of hydrogen-bond donors (Lipinski definition) is 2. The van der Waals surface area contributed by atoms with Crippen molar-refractivity contribution in [2.24, 2.45) is 0 Å². The smallest absolute Gasteiger partial charge is 0.126 e. The van der Waals surface area contributed by atoms with E-state index in [0.717, 1.165) is 16.8 Å². The Labute approximate surface area is 97.1 Å². The third-order valence-corrected chi connectivity index (χ3v) is 2.53. The average Bonchev–Trinajstić information content (AvgIpc) is 3.00. The van der Waals surface area contributed by atoms with Crippen molar-refractivity contribution >= 4 is 5.82 Å². The molecule has 84 valence electrons. The van der Waals surface area contributed by atoms with Crippen LogP contribution in [0.3, 0.4) is 0 Å². The lowest BCUT2D eigenvalue weighted by molar-refractivity contribution is 0.804. The van der Waals surface area contributed by atoms with Gasteiger partial charge in [0, 0.05) is 11.1 Å². The molecule has 2 aromatic heterocycles. The molecule has 0 bridgehead atoms. The molecule has 0 saturated carbocycles. The van der Waals surface area contributed by atoms with Crippen molar-refractivity contribution in [3.05, 3.63) is 42.9 Å². The van der Waals surface area contributed by atoms with Gasteiger partial charge >= 0.3 is 0 Å². The van der Waals surface area contributed by atoms with Crippen LogP contribution in [0.5, 0.6) is 0 Å². The Morgan fingerprint density at radius 2 is 2.06 bits per heavy atom. The predicted molar refractivity (Wildman–Crippen MR) is 63.4 cm³/mol. The van der Waals surface area contributed by atoms with Gasteiger partial charge in [0.25, 0.3) is 0 Å². The van der Waals surface area contributed by atoms with E-state index in [1.165, 1.54) is 0 Å². The summed E-state index contributed by atoms with van der Waals surface area (Å²) < 4.78 is 1.70. The molecule has 6 nitrogen and oxygen atoms in total. The normalized spacial score (nSPS) is 10.6. The first-order valence-electron chi connectivity index (χ1n) is 5.11. The van der Waals surface area contributed by atoms with E-state index in [0.29, 0.717) is 5.82 Å². The first-order valence-corrected chi connectivity index (χ1v) is 5.11. The van der Waals surface area contributed by atoms with Crippen LogP contribution in [0.4, 0.5) is 5.82 Å². The second-order valence-corrected chi connectivity index (χ2v) is 3.56. The zero-order chi connectivity index (χ0) is 11.7. The first kappa shape index (κ1) is 9.59. The number of anilines is 1. The highest BCUT2D eigenvalue weighted by Crippen LogP contribution is 2.28. The molecular weight excluding hydrogens is 216 g/mol. The molecule has 3 rings (SSSR count). The van der Waals surface area contributed by atoms with Crippen molar-refractivity contribution in [3.63, 3.8) is 0 Å². The zero-order valence-corrected chi connectivity index (χ0v) is 8.91. The quantitative estimate of drug-likeness (QED) is 0.688. The van der Waals surface area contributed by atoms with Crippen molar-refractivity contribution in [2.45, 2.75) is 0 Å². The molecule has 0 unspecified atom stereocenters. The van der Waals surface area contributed by atoms with E-state index >= 15 is 0 Å². The summed E-state index contributed by atoms with van der Waals surface area (Å²) in [5.41, 5.74) is 8.57. The highest BCUT2D eigenvalue weighted by Gasteiger charge is 2.10. The lowest BCUT2D eigenvalue weighted by atomic mass is 10.1. The summed E-state index contributed by atoms with van der Waals surface area (Å²) >= 11 is 0. The summed E-state index contributed by atoms with van der Waals surface area (Å²) in [7, 11) is 0. The minimum Gasteiger partial charge on any atom is -0.384 e. The lowest BCUT2D eigenvalue weighted by Gasteiger charge is -2.07. The third-order valence-electron chi connectivity index (χ3n) is 2.53. The molecule has 0 radical (unpaired) electrons. The topological polar surface area (TPSA) is 85.4 Å². The monoisotopic (exact) mass is 226 g/mol. The van der Waals surface area contributed by atoms with Gasteiger partial charge < -0.3 is 5.73 Å². The molecule has 6 heteroatoms. The van der Waals surface area contributed by atoms with Gasteiger partial charge in [0.15, 0.2) is 0 Å². The van der Waals surface area contributed by atoms with Crippen LogP contribution in [0.2, 0.25) is 0 Å². The highest BCUT2D eigenvalue weighted by atomic mass is 15.4. The van der Waals surface area contributed by atoms with Crippen molar-refractivity contribution in [3.8, 4) is 16.8 Å². The molecule has 0 aliphatic carbocycles. The van der Waals surface area contributed by atoms with Crippen LogP contribution < -0.4 is 5.73 Å². The number of benzene rings is 1. The van der Waals surface area contributed by atoms with Gasteiger partial charge in [-0.1, -0.05) is 23.4 Å². The Morgan fingerprint density at radius 1 is 1.18 bits per heavy atom. The SMILES string of the molecule is Nc1[nH]ncc1-c1ccccc1-n1ccnn1. The lowest BCUT2D eigenvalue weighted by Crippen LogP contribution is -1.98. The van der Waals surface area contributed by atoms with E-state index in [-0.39, 0.29) is 0 Å². The summed E-state index contributed by atoms with van der Waals surface area (Å²) in [5.74, 6) is 0.539. The van der Waals surface area contributed by atoms with Crippen LogP contribution in [0, 0.1) is 0 Å². The van der Waals surface area contributed by atoms with Gasteiger partial charge in [-0.05, 0) is 6.07 Å². The number of nitrogens with one attached hydrogen (secondary N) is 1. The molecule has 0 aliphatic heterocycles. The fourth-order valence-electron chi connectivity index (χ4n) is 1.75. The molecule has 3 aromatic rings. The molecule has 17 heavy (non-hydrogen) atoms. The number of nitrogen functional groups attached to an aromatic ring is 1. The molecule has 1 aromatic carbocycles. The summed E-state index contributed by atoms with van der Waals surface area (Å²) in [6.07, 6.45) is 5.12. The molecule has 3 N–H and O–H groups in total. The van der Waals surface area contributed by atoms with E-state index in [2.05, 4.69) is 20.5 Å². The maximum absolute atomic E-state index is 5.83. The largest absolute Gasteiger partial charge is 0.384 e. The van der Waals surface area contributed by atoms with Gasteiger partial charge in [0.05, 0.1) is 24.3 Å². The minimum atomic E-state index is 0.539. The standard InChI is InChI=1S/C11H10N6/c12-11-9(7-14-15-11)8-3-1-2-4-10(8)17-6-5-13-16-17/h1-7H,(H3,12,14,15). The highest BCUT2D eigenvalue weighted by molar-refractivity contribution is 5.79.